The highest BCUT2D eigenvalue weighted by Gasteiger charge is 2.17. The number of rotatable bonds is 3. The molecule has 4 nitrogen and oxygen atoms in total. The minimum Gasteiger partial charge on any atom is -0.308 e. The number of aromatic nitrogens is 2. The molecule has 2 rings (SSSR count). The lowest BCUT2D eigenvalue weighted by Crippen LogP contribution is -2.40. The fraction of sp³-hybridized carbons (Fsp3) is 0.750. The van der Waals surface area contributed by atoms with Crippen molar-refractivity contribution in [2.45, 2.75) is 32.4 Å². The van der Waals surface area contributed by atoms with Crippen LogP contribution >= 0.6 is 15.9 Å². The first kappa shape index (κ1) is 13.1. The molecular weight excluding hydrogens is 280 g/mol. The third-order valence-corrected chi connectivity index (χ3v) is 4.57. The van der Waals surface area contributed by atoms with Crippen LogP contribution in [0.4, 0.5) is 0 Å². The maximum atomic E-state index is 4.41. The summed E-state index contributed by atoms with van der Waals surface area (Å²) in [6.45, 7) is 5.32. The zero-order valence-corrected chi connectivity index (χ0v) is 12.4. The second kappa shape index (κ2) is 5.50. The van der Waals surface area contributed by atoms with Crippen LogP contribution in [0.5, 0.6) is 0 Å². The normalized spacial score (nSPS) is 18.8. The maximum Gasteiger partial charge on any atom is 0.0739 e. The highest BCUT2D eigenvalue weighted by atomic mass is 79.9. The van der Waals surface area contributed by atoms with E-state index in [2.05, 4.69) is 38.3 Å². The van der Waals surface area contributed by atoms with Gasteiger partial charge in [-0.05, 0) is 55.8 Å². The lowest BCUT2D eigenvalue weighted by Gasteiger charge is -2.29. The molecule has 1 fully saturated rings. The predicted molar refractivity (Wildman–Crippen MR) is 73.0 cm³/mol. The standard InChI is InChI=1S/C12H21BrN4/c1-9-12(13)11(17(3)15-9)8-14-10-4-6-16(2)7-5-10/h10,14H,4-8H2,1-3H3. The summed E-state index contributed by atoms with van der Waals surface area (Å²) in [4.78, 5) is 2.39. The summed E-state index contributed by atoms with van der Waals surface area (Å²) in [5.74, 6) is 0. The Kier molecular flexibility index (Phi) is 4.22. The van der Waals surface area contributed by atoms with Gasteiger partial charge in [0.15, 0.2) is 0 Å². The summed E-state index contributed by atoms with van der Waals surface area (Å²) >= 11 is 3.60. The van der Waals surface area contributed by atoms with Crippen molar-refractivity contribution < 1.29 is 0 Å². The largest absolute Gasteiger partial charge is 0.308 e. The third-order valence-electron chi connectivity index (χ3n) is 3.54. The topological polar surface area (TPSA) is 33.1 Å². The fourth-order valence-electron chi connectivity index (χ4n) is 2.33. The Bertz CT molecular complexity index is 380. The number of likely N-dealkylation sites (tertiary alicyclic amines) is 1. The van der Waals surface area contributed by atoms with Crippen molar-refractivity contribution in [1.29, 1.82) is 0 Å². The molecule has 0 spiro atoms. The molecule has 1 saturated heterocycles. The number of nitrogens with one attached hydrogen (secondary N) is 1. The summed E-state index contributed by atoms with van der Waals surface area (Å²) in [5.41, 5.74) is 2.30. The zero-order valence-electron chi connectivity index (χ0n) is 10.8. The second-order valence-electron chi connectivity index (χ2n) is 4.93. The SMILES string of the molecule is Cc1nn(C)c(CNC2CCN(C)CC2)c1Br. The average molecular weight is 301 g/mol. The van der Waals surface area contributed by atoms with E-state index >= 15 is 0 Å². The van der Waals surface area contributed by atoms with E-state index in [1.807, 2.05) is 18.7 Å². The molecular formula is C12H21BrN4. The van der Waals surface area contributed by atoms with Crippen LogP contribution in [0.25, 0.3) is 0 Å². The van der Waals surface area contributed by atoms with E-state index in [0.717, 1.165) is 16.7 Å². The number of halogens is 1. The Morgan fingerprint density at radius 2 is 2.00 bits per heavy atom. The molecule has 5 heteroatoms. The van der Waals surface area contributed by atoms with Crippen molar-refractivity contribution in [3.05, 3.63) is 15.9 Å². The first-order valence-electron chi connectivity index (χ1n) is 6.18. The van der Waals surface area contributed by atoms with Gasteiger partial charge in [0, 0.05) is 19.6 Å². The van der Waals surface area contributed by atoms with Crippen LogP contribution in [0.15, 0.2) is 4.47 Å². The van der Waals surface area contributed by atoms with E-state index < -0.39 is 0 Å². The van der Waals surface area contributed by atoms with Gasteiger partial charge < -0.3 is 10.2 Å². The van der Waals surface area contributed by atoms with Crippen LogP contribution in [0.3, 0.4) is 0 Å². The van der Waals surface area contributed by atoms with Gasteiger partial charge in [0.05, 0.1) is 15.9 Å². The molecule has 0 atom stereocenters. The molecule has 1 aliphatic heterocycles. The van der Waals surface area contributed by atoms with Gasteiger partial charge in [-0.1, -0.05) is 0 Å². The quantitative estimate of drug-likeness (QED) is 0.922. The highest BCUT2D eigenvalue weighted by Crippen LogP contribution is 2.20. The Morgan fingerprint density at radius 1 is 1.35 bits per heavy atom. The van der Waals surface area contributed by atoms with Gasteiger partial charge in [0.1, 0.15) is 0 Å². The summed E-state index contributed by atoms with van der Waals surface area (Å²) < 4.78 is 3.10. The first-order valence-corrected chi connectivity index (χ1v) is 6.97. The Hall–Kier alpha value is -0.390. The van der Waals surface area contributed by atoms with Crippen LogP contribution in [-0.2, 0) is 13.6 Å². The number of nitrogens with zero attached hydrogens (tertiary/aromatic N) is 3. The van der Waals surface area contributed by atoms with E-state index in [1.165, 1.54) is 31.6 Å². The summed E-state index contributed by atoms with van der Waals surface area (Å²) in [6, 6.07) is 0.647. The predicted octanol–water partition coefficient (Wildman–Crippen LogP) is 1.67. The van der Waals surface area contributed by atoms with Gasteiger partial charge in [-0.25, -0.2) is 0 Å². The molecule has 0 saturated carbocycles. The van der Waals surface area contributed by atoms with Crippen LogP contribution in [-0.4, -0.2) is 40.9 Å². The molecule has 17 heavy (non-hydrogen) atoms. The molecule has 1 aromatic heterocycles. The molecule has 0 amide bonds. The van der Waals surface area contributed by atoms with Crippen LogP contribution < -0.4 is 5.32 Å². The van der Waals surface area contributed by atoms with Crippen LogP contribution in [0.1, 0.15) is 24.2 Å². The van der Waals surface area contributed by atoms with Gasteiger partial charge in [-0.15, -0.1) is 0 Å². The van der Waals surface area contributed by atoms with Gasteiger partial charge >= 0.3 is 0 Å². The van der Waals surface area contributed by atoms with E-state index in [4.69, 9.17) is 0 Å². The fourth-order valence-corrected chi connectivity index (χ4v) is 2.80. The van der Waals surface area contributed by atoms with Crippen molar-refractivity contribution in [2.75, 3.05) is 20.1 Å². The average Bonchev–Trinajstić information content (AvgIpc) is 2.54. The van der Waals surface area contributed by atoms with E-state index in [-0.39, 0.29) is 0 Å². The van der Waals surface area contributed by atoms with Crippen molar-refractivity contribution in [1.82, 2.24) is 20.0 Å². The zero-order chi connectivity index (χ0) is 12.4. The number of hydrogen-bond donors (Lipinski definition) is 1. The molecule has 0 bridgehead atoms. The molecule has 96 valence electrons. The molecule has 1 aromatic rings. The van der Waals surface area contributed by atoms with Gasteiger partial charge in [0.25, 0.3) is 0 Å². The molecule has 0 aromatic carbocycles. The van der Waals surface area contributed by atoms with Crippen molar-refractivity contribution in [3.8, 4) is 0 Å². The summed E-state index contributed by atoms with van der Waals surface area (Å²) in [7, 11) is 4.20. The number of hydrogen-bond acceptors (Lipinski definition) is 3. The molecule has 0 radical (unpaired) electrons. The number of piperidine rings is 1. The van der Waals surface area contributed by atoms with Crippen molar-refractivity contribution in [3.63, 3.8) is 0 Å². The maximum absolute atomic E-state index is 4.41. The van der Waals surface area contributed by atoms with Crippen molar-refractivity contribution >= 4 is 15.9 Å². The minimum atomic E-state index is 0.647. The Morgan fingerprint density at radius 3 is 2.53 bits per heavy atom. The molecule has 1 N–H and O–H groups in total. The van der Waals surface area contributed by atoms with Gasteiger partial charge in [-0.2, -0.15) is 5.10 Å². The lowest BCUT2D eigenvalue weighted by molar-refractivity contribution is 0.233. The lowest BCUT2D eigenvalue weighted by atomic mass is 10.1. The number of aryl methyl sites for hydroxylation is 2. The monoisotopic (exact) mass is 300 g/mol. The summed E-state index contributed by atoms with van der Waals surface area (Å²) in [6.07, 6.45) is 2.48. The summed E-state index contributed by atoms with van der Waals surface area (Å²) in [5, 5.41) is 8.04. The third kappa shape index (κ3) is 3.09. The molecule has 0 aliphatic carbocycles. The molecule has 1 aliphatic rings. The highest BCUT2D eigenvalue weighted by molar-refractivity contribution is 9.10. The first-order chi connectivity index (χ1) is 8.08. The minimum absolute atomic E-state index is 0.647. The van der Waals surface area contributed by atoms with E-state index in [1.54, 1.807) is 0 Å². The Balaban J connectivity index is 1.89. The smallest absolute Gasteiger partial charge is 0.0739 e. The molecule has 0 unspecified atom stereocenters. The van der Waals surface area contributed by atoms with E-state index in [0.29, 0.717) is 6.04 Å². The van der Waals surface area contributed by atoms with Crippen molar-refractivity contribution in [2.24, 2.45) is 7.05 Å². The van der Waals surface area contributed by atoms with Crippen LogP contribution in [0, 0.1) is 6.92 Å². The second-order valence-corrected chi connectivity index (χ2v) is 5.72. The molecule has 2 heterocycles. The van der Waals surface area contributed by atoms with Gasteiger partial charge in [0.2, 0.25) is 0 Å². The van der Waals surface area contributed by atoms with E-state index in [9.17, 15) is 0 Å². The van der Waals surface area contributed by atoms with Crippen LogP contribution in [0.2, 0.25) is 0 Å². The van der Waals surface area contributed by atoms with Gasteiger partial charge in [-0.3, -0.25) is 4.68 Å². The Labute approximate surface area is 111 Å².